The number of amides is 1. The number of carbonyl (C=O) groups excluding carboxylic acids is 2. The smallest absolute Gasteiger partial charge is 0.325 e. The van der Waals surface area contributed by atoms with Gasteiger partial charge < -0.3 is 9.64 Å². The number of thiophene rings is 1. The molecule has 0 saturated heterocycles. The van der Waals surface area contributed by atoms with Gasteiger partial charge in [0.05, 0.1) is 12.4 Å². The van der Waals surface area contributed by atoms with Crippen LogP contribution in [0.5, 0.6) is 0 Å². The first kappa shape index (κ1) is 16.0. The van der Waals surface area contributed by atoms with Crippen LogP contribution in [-0.2, 0) is 20.1 Å². The van der Waals surface area contributed by atoms with E-state index in [4.69, 9.17) is 4.74 Å². The number of hydrogen-bond donors (Lipinski definition) is 0. The molecule has 19 heavy (non-hydrogen) atoms. The summed E-state index contributed by atoms with van der Waals surface area (Å²) in [6.07, 6.45) is 0. The van der Waals surface area contributed by atoms with Crippen molar-refractivity contribution in [3.05, 3.63) is 22.4 Å². The molecule has 1 aromatic heterocycles. The predicted molar refractivity (Wildman–Crippen MR) is 79.4 cm³/mol. The van der Waals surface area contributed by atoms with Crippen LogP contribution in [0.15, 0.2) is 17.5 Å². The zero-order valence-electron chi connectivity index (χ0n) is 11.3. The molecule has 0 spiro atoms. The van der Waals surface area contributed by atoms with Crippen LogP contribution in [0.25, 0.3) is 0 Å². The van der Waals surface area contributed by atoms with Crippen LogP contribution in [0, 0.1) is 0 Å². The van der Waals surface area contributed by atoms with Gasteiger partial charge in [-0.1, -0.05) is 6.07 Å². The van der Waals surface area contributed by atoms with E-state index in [2.05, 4.69) is 6.07 Å². The van der Waals surface area contributed by atoms with Crippen molar-refractivity contribution in [2.75, 3.05) is 25.4 Å². The van der Waals surface area contributed by atoms with E-state index < -0.39 is 0 Å². The molecule has 0 N–H and O–H groups in total. The number of thioether (sulfide) groups is 1. The van der Waals surface area contributed by atoms with E-state index in [1.165, 1.54) is 9.78 Å². The van der Waals surface area contributed by atoms with Gasteiger partial charge in [0, 0.05) is 17.2 Å². The molecule has 0 aliphatic rings. The highest BCUT2D eigenvalue weighted by molar-refractivity contribution is 7.99. The molecule has 4 nitrogen and oxygen atoms in total. The molecule has 0 aliphatic carbocycles. The van der Waals surface area contributed by atoms with Crippen molar-refractivity contribution < 1.29 is 14.3 Å². The van der Waals surface area contributed by atoms with Gasteiger partial charge in [0.1, 0.15) is 6.54 Å². The van der Waals surface area contributed by atoms with Crippen LogP contribution in [-0.4, -0.2) is 42.2 Å². The first-order valence-corrected chi connectivity index (χ1v) is 8.24. The Bertz CT molecular complexity index is 393. The number of hydrogen-bond acceptors (Lipinski definition) is 5. The molecule has 1 heterocycles. The second kappa shape index (κ2) is 8.98. The first-order valence-electron chi connectivity index (χ1n) is 6.20. The Kier molecular flexibility index (Phi) is 7.59. The molecule has 0 aliphatic heterocycles. The largest absolute Gasteiger partial charge is 0.465 e. The van der Waals surface area contributed by atoms with Gasteiger partial charge in [0.15, 0.2) is 0 Å². The fourth-order valence-electron chi connectivity index (χ4n) is 1.46. The summed E-state index contributed by atoms with van der Waals surface area (Å²) in [6.45, 7) is 4.53. The van der Waals surface area contributed by atoms with E-state index in [0.717, 1.165) is 5.75 Å². The van der Waals surface area contributed by atoms with Crippen LogP contribution < -0.4 is 0 Å². The predicted octanol–water partition coefficient (Wildman–Crippen LogP) is 2.39. The lowest BCUT2D eigenvalue weighted by Crippen LogP contribution is -2.37. The highest BCUT2D eigenvalue weighted by atomic mass is 32.2. The van der Waals surface area contributed by atoms with Crippen molar-refractivity contribution in [3.63, 3.8) is 0 Å². The van der Waals surface area contributed by atoms with Crippen molar-refractivity contribution in [3.8, 4) is 0 Å². The number of esters is 1. The fourth-order valence-corrected chi connectivity index (χ4v) is 3.23. The van der Waals surface area contributed by atoms with E-state index in [1.807, 2.05) is 18.4 Å². The molecular formula is C13H19NO3S2. The van der Waals surface area contributed by atoms with Gasteiger partial charge in [0.25, 0.3) is 0 Å². The van der Waals surface area contributed by atoms with Crippen LogP contribution in [0.2, 0.25) is 0 Å². The van der Waals surface area contributed by atoms with Crippen LogP contribution >= 0.6 is 23.1 Å². The van der Waals surface area contributed by atoms with E-state index >= 15 is 0 Å². The summed E-state index contributed by atoms with van der Waals surface area (Å²) in [5.74, 6) is 0.865. The average Bonchev–Trinajstić information content (AvgIpc) is 2.89. The molecule has 0 radical (unpaired) electrons. The lowest BCUT2D eigenvalue weighted by Gasteiger charge is -2.19. The highest BCUT2D eigenvalue weighted by Gasteiger charge is 2.15. The molecule has 1 aromatic rings. The summed E-state index contributed by atoms with van der Waals surface area (Å²) >= 11 is 3.26. The van der Waals surface area contributed by atoms with E-state index in [-0.39, 0.29) is 18.4 Å². The summed E-state index contributed by atoms with van der Waals surface area (Å²) < 4.78 is 4.85. The van der Waals surface area contributed by atoms with Gasteiger partial charge in [-0.05, 0) is 25.3 Å². The number of nitrogens with zero attached hydrogens (tertiary/aromatic N) is 1. The first-order chi connectivity index (χ1) is 9.17. The second-order valence-corrected chi connectivity index (χ2v) is 5.80. The molecule has 106 valence electrons. The SMILES string of the molecule is CCOC(=O)CN(CC)C(=O)CSCc1cccs1. The Balaban J connectivity index is 2.30. The summed E-state index contributed by atoms with van der Waals surface area (Å²) in [7, 11) is 0. The minimum absolute atomic E-state index is 0.0166. The van der Waals surface area contributed by atoms with Gasteiger partial charge in [-0.2, -0.15) is 0 Å². The third-order valence-electron chi connectivity index (χ3n) is 2.41. The average molecular weight is 301 g/mol. The summed E-state index contributed by atoms with van der Waals surface area (Å²) in [5.41, 5.74) is 0. The maximum atomic E-state index is 11.9. The Morgan fingerprint density at radius 2 is 2.21 bits per heavy atom. The van der Waals surface area contributed by atoms with Crippen LogP contribution in [0.3, 0.4) is 0 Å². The zero-order valence-corrected chi connectivity index (χ0v) is 12.9. The maximum absolute atomic E-state index is 11.9. The summed E-state index contributed by atoms with van der Waals surface area (Å²) in [5, 5.41) is 2.02. The third-order valence-corrected chi connectivity index (χ3v) is 4.43. The number of likely N-dealkylation sites (N-methyl/N-ethyl adjacent to an activating group) is 1. The normalized spacial score (nSPS) is 10.2. The zero-order chi connectivity index (χ0) is 14.1. The fraction of sp³-hybridized carbons (Fsp3) is 0.538. The third kappa shape index (κ3) is 6.11. The highest BCUT2D eigenvalue weighted by Crippen LogP contribution is 2.17. The minimum atomic E-state index is -0.346. The van der Waals surface area contributed by atoms with Crippen LogP contribution in [0.4, 0.5) is 0 Å². The minimum Gasteiger partial charge on any atom is -0.465 e. The second-order valence-electron chi connectivity index (χ2n) is 3.79. The van der Waals surface area contributed by atoms with E-state index in [9.17, 15) is 9.59 Å². The number of rotatable bonds is 8. The molecule has 6 heteroatoms. The van der Waals surface area contributed by atoms with Gasteiger partial charge in [-0.15, -0.1) is 23.1 Å². The van der Waals surface area contributed by atoms with Crippen LogP contribution in [0.1, 0.15) is 18.7 Å². The molecule has 0 fully saturated rings. The van der Waals surface area contributed by atoms with Gasteiger partial charge in [-0.25, -0.2) is 0 Å². The van der Waals surface area contributed by atoms with Crippen molar-refractivity contribution in [2.24, 2.45) is 0 Å². The Morgan fingerprint density at radius 3 is 2.79 bits per heavy atom. The Hall–Kier alpha value is -1.01. The van der Waals surface area contributed by atoms with E-state index in [0.29, 0.717) is 18.9 Å². The van der Waals surface area contributed by atoms with E-state index in [1.54, 1.807) is 30.0 Å². The topological polar surface area (TPSA) is 46.6 Å². The standard InChI is InChI=1S/C13H19NO3S2/c1-3-14(8-13(16)17-4-2)12(15)10-18-9-11-6-5-7-19-11/h5-7H,3-4,8-10H2,1-2H3. The summed E-state index contributed by atoms with van der Waals surface area (Å²) in [6, 6.07) is 4.06. The number of ether oxygens (including phenoxy) is 1. The van der Waals surface area contributed by atoms with Gasteiger partial charge in [-0.3, -0.25) is 9.59 Å². The Morgan fingerprint density at radius 1 is 1.42 bits per heavy atom. The van der Waals surface area contributed by atoms with Crippen molar-refractivity contribution in [1.29, 1.82) is 0 Å². The molecule has 0 bridgehead atoms. The monoisotopic (exact) mass is 301 g/mol. The quantitative estimate of drug-likeness (QED) is 0.692. The van der Waals surface area contributed by atoms with Gasteiger partial charge in [0.2, 0.25) is 5.91 Å². The van der Waals surface area contributed by atoms with Crippen molar-refractivity contribution in [1.82, 2.24) is 4.90 Å². The maximum Gasteiger partial charge on any atom is 0.325 e. The molecule has 1 amide bonds. The van der Waals surface area contributed by atoms with Gasteiger partial charge >= 0.3 is 5.97 Å². The lowest BCUT2D eigenvalue weighted by molar-refractivity contribution is -0.148. The number of carbonyl (C=O) groups is 2. The molecule has 0 saturated carbocycles. The summed E-state index contributed by atoms with van der Waals surface area (Å²) in [4.78, 5) is 26.1. The molecule has 0 atom stereocenters. The Labute approximate surface area is 122 Å². The van der Waals surface area contributed by atoms with Crippen molar-refractivity contribution >= 4 is 35.0 Å². The molecule has 0 aromatic carbocycles. The van der Waals surface area contributed by atoms with Crippen molar-refractivity contribution in [2.45, 2.75) is 19.6 Å². The molecule has 1 rings (SSSR count). The lowest BCUT2D eigenvalue weighted by atomic mass is 10.4. The molecular weight excluding hydrogens is 282 g/mol. The molecule has 0 unspecified atom stereocenters.